The van der Waals surface area contributed by atoms with Crippen LogP contribution >= 0.6 is 24.0 Å². The highest BCUT2D eigenvalue weighted by Crippen LogP contribution is 2.28. The Hall–Kier alpha value is 0. The molecule has 0 amide bonds. The van der Waals surface area contributed by atoms with Crippen LogP contribution < -0.4 is 10.6 Å². The molecule has 0 spiro atoms. The van der Waals surface area contributed by atoms with E-state index in [1.165, 1.54) is 25.7 Å². The Balaban J connectivity index is 0.00000289. The minimum atomic E-state index is 0. The summed E-state index contributed by atoms with van der Waals surface area (Å²) < 4.78 is 0. The van der Waals surface area contributed by atoms with Crippen LogP contribution in [0.5, 0.6) is 0 Å². The van der Waals surface area contributed by atoms with Gasteiger partial charge in [-0.2, -0.15) is 0 Å². The SMILES string of the molecule is CCCNC(=NCC1CCC(C)CC1)NCC.I. The summed E-state index contributed by atoms with van der Waals surface area (Å²) in [5.41, 5.74) is 0. The molecular formula is C14H30IN3. The van der Waals surface area contributed by atoms with E-state index < -0.39 is 0 Å². The predicted molar refractivity (Wildman–Crippen MR) is 90.8 cm³/mol. The van der Waals surface area contributed by atoms with E-state index in [0.717, 1.165) is 43.9 Å². The van der Waals surface area contributed by atoms with E-state index in [9.17, 15) is 0 Å². The molecule has 0 saturated heterocycles. The van der Waals surface area contributed by atoms with Crippen molar-refractivity contribution < 1.29 is 0 Å². The fraction of sp³-hybridized carbons (Fsp3) is 0.929. The lowest BCUT2D eigenvalue weighted by molar-refractivity contribution is 0.296. The van der Waals surface area contributed by atoms with Gasteiger partial charge in [0.2, 0.25) is 0 Å². The molecule has 1 aliphatic rings. The first-order valence-electron chi connectivity index (χ1n) is 7.28. The zero-order chi connectivity index (χ0) is 12.5. The number of hydrogen-bond acceptors (Lipinski definition) is 1. The van der Waals surface area contributed by atoms with Crippen molar-refractivity contribution >= 4 is 29.9 Å². The minimum Gasteiger partial charge on any atom is -0.357 e. The summed E-state index contributed by atoms with van der Waals surface area (Å²) in [4.78, 5) is 4.69. The zero-order valence-corrected chi connectivity index (χ0v) is 14.5. The Kier molecular flexibility index (Phi) is 10.9. The van der Waals surface area contributed by atoms with Crippen LogP contribution in [0, 0.1) is 11.8 Å². The molecule has 0 aromatic carbocycles. The van der Waals surface area contributed by atoms with Crippen LogP contribution in [-0.2, 0) is 0 Å². The van der Waals surface area contributed by atoms with Gasteiger partial charge in [0, 0.05) is 19.6 Å². The maximum Gasteiger partial charge on any atom is 0.191 e. The van der Waals surface area contributed by atoms with Crippen molar-refractivity contribution in [1.29, 1.82) is 0 Å². The lowest BCUT2D eigenvalue weighted by Crippen LogP contribution is -2.38. The number of hydrogen-bond donors (Lipinski definition) is 2. The standard InChI is InChI=1S/C14H29N3.HI/c1-4-10-16-14(15-5-2)17-11-13-8-6-12(3)7-9-13;/h12-13H,4-11H2,1-3H3,(H2,15,16,17);1H. The Bertz CT molecular complexity index is 223. The van der Waals surface area contributed by atoms with Gasteiger partial charge < -0.3 is 10.6 Å². The number of rotatable bonds is 5. The van der Waals surface area contributed by atoms with Gasteiger partial charge in [-0.3, -0.25) is 4.99 Å². The Morgan fingerprint density at radius 1 is 1.11 bits per heavy atom. The van der Waals surface area contributed by atoms with Gasteiger partial charge in [-0.05, 0) is 38.0 Å². The molecule has 1 fully saturated rings. The second-order valence-corrected chi connectivity index (χ2v) is 5.27. The van der Waals surface area contributed by atoms with E-state index in [4.69, 9.17) is 4.99 Å². The van der Waals surface area contributed by atoms with E-state index >= 15 is 0 Å². The monoisotopic (exact) mass is 367 g/mol. The Morgan fingerprint density at radius 2 is 1.78 bits per heavy atom. The van der Waals surface area contributed by atoms with Gasteiger partial charge in [-0.15, -0.1) is 24.0 Å². The van der Waals surface area contributed by atoms with Gasteiger partial charge in [-0.1, -0.05) is 26.7 Å². The highest BCUT2D eigenvalue weighted by atomic mass is 127. The van der Waals surface area contributed by atoms with Gasteiger partial charge in [0.25, 0.3) is 0 Å². The predicted octanol–water partition coefficient (Wildman–Crippen LogP) is 3.40. The van der Waals surface area contributed by atoms with Crippen molar-refractivity contribution in [2.75, 3.05) is 19.6 Å². The van der Waals surface area contributed by atoms with Crippen molar-refractivity contribution in [2.45, 2.75) is 52.9 Å². The summed E-state index contributed by atoms with van der Waals surface area (Å²) in [5, 5.41) is 6.66. The fourth-order valence-electron chi connectivity index (χ4n) is 2.32. The van der Waals surface area contributed by atoms with Crippen LogP contribution in [0.3, 0.4) is 0 Å². The first-order valence-corrected chi connectivity index (χ1v) is 7.28. The van der Waals surface area contributed by atoms with Crippen molar-refractivity contribution in [3.63, 3.8) is 0 Å². The van der Waals surface area contributed by atoms with E-state index in [-0.39, 0.29) is 24.0 Å². The highest BCUT2D eigenvalue weighted by Gasteiger charge is 2.17. The third-order valence-electron chi connectivity index (χ3n) is 3.53. The molecule has 0 bridgehead atoms. The first kappa shape index (κ1) is 18.0. The number of nitrogens with one attached hydrogen (secondary N) is 2. The molecule has 3 nitrogen and oxygen atoms in total. The van der Waals surface area contributed by atoms with Crippen LogP contribution in [0.1, 0.15) is 52.9 Å². The Morgan fingerprint density at radius 3 is 2.33 bits per heavy atom. The largest absolute Gasteiger partial charge is 0.357 e. The molecule has 1 aliphatic carbocycles. The molecule has 0 atom stereocenters. The summed E-state index contributed by atoms with van der Waals surface area (Å²) in [7, 11) is 0. The van der Waals surface area contributed by atoms with Crippen LogP contribution in [0.15, 0.2) is 4.99 Å². The molecule has 0 aromatic heterocycles. The number of guanidine groups is 1. The van der Waals surface area contributed by atoms with Crippen LogP contribution in [-0.4, -0.2) is 25.6 Å². The molecule has 0 heterocycles. The van der Waals surface area contributed by atoms with Crippen LogP contribution in [0.4, 0.5) is 0 Å². The van der Waals surface area contributed by atoms with Crippen molar-refractivity contribution in [3.05, 3.63) is 0 Å². The van der Waals surface area contributed by atoms with Crippen molar-refractivity contribution in [1.82, 2.24) is 10.6 Å². The minimum absolute atomic E-state index is 0. The molecular weight excluding hydrogens is 337 g/mol. The van der Waals surface area contributed by atoms with E-state index in [0.29, 0.717) is 0 Å². The average Bonchev–Trinajstić information content (AvgIpc) is 2.35. The summed E-state index contributed by atoms with van der Waals surface area (Å²) in [5.74, 6) is 2.73. The molecule has 1 saturated carbocycles. The molecule has 4 heteroatoms. The number of nitrogens with zero attached hydrogens (tertiary/aromatic N) is 1. The molecule has 18 heavy (non-hydrogen) atoms. The van der Waals surface area contributed by atoms with Crippen molar-refractivity contribution in [3.8, 4) is 0 Å². The van der Waals surface area contributed by atoms with Crippen LogP contribution in [0.2, 0.25) is 0 Å². The van der Waals surface area contributed by atoms with Gasteiger partial charge in [-0.25, -0.2) is 0 Å². The van der Waals surface area contributed by atoms with Gasteiger partial charge in [0.15, 0.2) is 5.96 Å². The third kappa shape index (κ3) is 7.44. The molecule has 0 radical (unpaired) electrons. The van der Waals surface area contributed by atoms with E-state index in [1.54, 1.807) is 0 Å². The summed E-state index contributed by atoms with van der Waals surface area (Å²) in [6.07, 6.45) is 6.64. The maximum atomic E-state index is 4.69. The third-order valence-corrected chi connectivity index (χ3v) is 3.53. The zero-order valence-electron chi connectivity index (χ0n) is 12.2. The van der Waals surface area contributed by atoms with E-state index in [1.807, 2.05) is 0 Å². The summed E-state index contributed by atoms with van der Waals surface area (Å²) in [6, 6.07) is 0. The van der Waals surface area contributed by atoms with Gasteiger partial charge >= 0.3 is 0 Å². The fourth-order valence-corrected chi connectivity index (χ4v) is 2.32. The van der Waals surface area contributed by atoms with Gasteiger partial charge in [0.1, 0.15) is 0 Å². The summed E-state index contributed by atoms with van der Waals surface area (Å²) >= 11 is 0. The molecule has 0 unspecified atom stereocenters. The highest BCUT2D eigenvalue weighted by molar-refractivity contribution is 14.0. The van der Waals surface area contributed by atoms with Gasteiger partial charge in [0.05, 0.1) is 0 Å². The van der Waals surface area contributed by atoms with E-state index in [2.05, 4.69) is 31.4 Å². The lowest BCUT2D eigenvalue weighted by atomic mass is 9.83. The molecule has 0 aromatic rings. The number of halogens is 1. The smallest absolute Gasteiger partial charge is 0.191 e. The second kappa shape index (κ2) is 10.9. The molecule has 108 valence electrons. The molecule has 0 aliphatic heterocycles. The maximum absolute atomic E-state index is 4.69. The topological polar surface area (TPSA) is 36.4 Å². The van der Waals surface area contributed by atoms with Crippen LogP contribution in [0.25, 0.3) is 0 Å². The van der Waals surface area contributed by atoms with Crippen molar-refractivity contribution in [2.24, 2.45) is 16.8 Å². The quantitative estimate of drug-likeness (QED) is 0.444. The lowest BCUT2D eigenvalue weighted by Gasteiger charge is -2.25. The first-order chi connectivity index (χ1) is 8.26. The number of aliphatic imine (C=N–C) groups is 1. The molecule has 2 N–H and O–H groups in total. The molecule has 1 rings (SSSR count). The average molecular weight is 367 g/mol. The summed E-state index contributed by atoms with van der Waals surface area (Å²) in [6.45, 7) is 9.60. The Labute approximate surface area is 130 Å². The second-order valence-electron chi connectivity index (χ2n) is 5.27. The normalized spacial score (nSPS) is 24.3.